The Hall–Kier alpha value is -2.63. The molecule has 1 saturated heterocycles. The molecule has 1 rings (SSSR count). The van der Waals surface area contributed by atoms with Crippen LogP contribution in [0, 0.1) is 0 Å². The van der Waals surface area contributed by atoms with Gasteiger partial charge in [-0.1, -0.05) is 240 Å². The average molecular weight is 983 g/mol. The van der Waals surface area contributed by atoms with E-state index in [0.717, 1.165) is 70.6 Å². The van der Waals surface area contributed by atoms with Crippen molar-refractivity contribution in [1.82, 2.24) is 5.32 Å². The highest BCUT2D eigenvalue weighted by Gasteiger charge is 2.44. The summed E-state index contributed by atoms with van der Waals surface area (Å²) in [5.74, 6) is -0.219. The van der Waals surface area contributed by atoms with Gasteiger partial charge in [0.15, 0.2) is 6.29 Å². The quantitative estimate of drug-likeness (QED) is 0.0261. The van der Waals surface area contributed by atoms with Crippen LogP contribution in [0.3, 0.4) is 0 Å². The van der Waals surface area contributed by atoms with Gasteiger partial charge in [0.05, 0.1) is 25.4 Å². The number of ether oxygens (including phenoxy) is 2. The van der Waals surface area contributed by atoms with Gasteiger partial charge < -0.3 is 40.3 Å². The Morgan fingerprint density at radius 3 is 1.37 bits per heavy atom. The lowest BCUT2D eigenvalue weighted by molar-refractivity contribution is -0.302. The molecule has 404 valence electrons. The van der Waals surface area contributed by atoms with E-state index in [0.29, 0.717) is 12.8 Å². The predicted octanol–water partition coefficient (Wildman–Crippen LogP) is 14.2. The van der Waals surface area contributed by atoms with Gasteiger partial charge in [-0.25, -0.2) is 0 Å². The van der Waals surface area contributed by atoms with Gasteiger partial charge in [-0.2, -0.15) is 0 Å². The second kappa shape index (κ2) is 49.9. The predicted molar refractivity (Wildman–Crippen MR) is 295 cm³/mol. The minimum Gasteiger partial charge on any atom is -0.394 e. The number of aliphatic hydroxyl groups is 5. The summed E-state index contributed by atoms with van der Waals surface area (Å²) in [6, 6.07) is -0.845. The zero-order chi connectivity index (χ0) is 50.8. The maximum absolute atomic E-state index is 13.0. The highest BCUT2D eigenvalue weighted by molar-refractivity contribution is 5.76. The molecule has 1 fully saturated rings. The topological polar surface area (TPSA) is 149 Å². The van der Waals surface area contributed by atoms with E-state index >= 15 is 0 Å². The Labute approximate surface area is 429 Å². The second-order valence-electron chi connectivity index (χ2n) is 19.7. The summed E-state index contributed by atoms with van der Waals surface area (Å²) in [5, 5.41) is 54.4. The van der Waals surface area contributed by atoms with Crippen LogP contribution in [-0.2, 0) is 14.3 Å². The van der Waals surface area contributed by atoms with Gasteiger partial charge in [0.1, 0.15) is 24.4 Å². The molecule has 7 unspecified atom stereocenters. The minimum atomic E-state index is -1.58. The van der Waals surface area contributed by atoms with Crippen molar-refractivity contribution in [2.75, 3.05) is 13.2 Å². The second-order valence-corrected chi connectivity index (χ2v) is 19.7. The van der Waals surface area contributed by atoms with Gasteiger partial charge in [-0.05, 0) is 77.0 Å². The molecule has 1 aliphatic heterocycles. The first-order valence-corrected chi connectivity index (χ1v) is 28.8. The van der Waals surface area contributed by atoms with Crippen molar-refractivity contribution in [1.29, 1.82) is 0 Å². The molecule has 9 heteroatoms. The molecule has 1 heterocycles. The van der Waals surface area contributed by atoms with E-state index in [-0.39, 0.29) is 12.5 Å². The van der Waals surface area contributed by atoms with E-state index in [2.05, 4.69) is 92.1 Å². The summed E-state index contributed by atoms with van der Waals surface area (Å²) in [6.45, 7) is 3.64. The largest absolute Gasteiger partial charge is 0.394 e. The van der Waals surface area contributed by atoms with Crippen molar-refractivity contribution in [2.45, 2.75) is 281 Å². The third-order valence-corrected chi connectivity index (χ3v) is 13.2. The van der Waals surface area contributed by atoms with E-state index in [4.69, 9.17) is 9.47 Å². The SMILES string of the molecule is CC/C=C\C/C=C\C/C=C\C/C=C\C/C=C\CCCCCC(=O)NC(COC1OC(CO)C(O)C(O)C1O)C(O)/C=C/CC/C=C/CCCCCCCCCCCCCCCCCCCCCCCC. The van der Waals surface area contributed by atoms with E-state index in [1.807, 2.05) is 6.08 Å². The van der Waals surface area contributed by atoms with E-state index in [1.54, 1.807) is 6.08 Å². The summed E-state index contributed by atoms with van der Waals surface area (Å²) in [4.78, 5) is 13.0. The molecule has 6 N–H and O–H groups in total. The fourth-order valence-electron chi connectivity index (χ4n) is 8.67. The summed E-state index contributed by atoms with van der Waals surface area (Å²) in [5.41, 5.74) is 0. The van der Waals surface area contributed by atoms with Crippen molar-refractivity contribution in [3.8, 4) is 0 Å². The smallest absolute Gasteiger partial charge is 0.220 e. The van der Waals surface area contributed by atoms with Crippen molar-refractivity contribution in [3.63, 3.8) is 0 Å². The van der Waals surface area contributed by atoms with Gasteiger partial charge in [0, 0.05) is 6.42 Å². The number of carbonyl (C=O) groups is 1. The number of unbranched alkanes of at least 4 members (excludes halogenated alkanes) is 26. The number of allylic oxidation sites excluding steroid dienone is 13. The van der Waals surface area contributed by atoms with Gasteiger partial charge in [-0.3, -0.25) is 4.79 Å². The van der Waals surface area contributed by atoms with Crippen molar-refractivity contribution in [2.24, 2.45) is 0 Å². The van der Waals surface area contributed by atoms with Crippen LogP contribution in [0.5, 0.6) is 0 Å². The number of amides is 1. The lowest BCUT2D eigenvalue weighted by atomic mass is 9.99. The summed E-state index contributed by atoms with van der Waals surface area (Å²) < 4.78 is 11.2. The lowest BCUT2D eigenvalue weighted by Gasteiger charge is -2.40. The van der Waals surface area contributed by atoms with Crippen LogP contribution >= 0.6 is 0 Å². The first-order valence-electron chi connectivity index (χ1n) is 28.8. The molecule has 0 aromatic rings. The fourth-order valence-corrected chi connectivity index (χ4v) is 8.67. The number of hydrogen-bond donors (Lipinski definition) is 6. The Morgan fingerprint density at radius 1 is 0.500 bits per heavy atom. The Balaban J connectivity index is 2.27. The Kier molecular flexibility index (Phi) is 46.6. The molecule has 7 atom stereocenters. The third kappa shape index (κ3) is 39.0. The van der Waals surface area contributed by atoms with Crippen LogP contribution in [0.1, 0.15) is 239 Å². The number of hydrogen-bond acceptors (Lipinski definition) is 8. The van der Waals surface area contributed by atoms with Crippen molar-refractivity contribution < 1.29 is 39.8 Å². The molecule has 70 heavy (non-hydrogen) atoms. The molecule has 0 saturated carbocycles. The van der Waals surface area contributed by atoms with E-state index < -0.39 is 49.5 Å². The lowest BCUT2D eigenvalue weighted by Crippen LogP contribution is -2.60. The zero-order valence-corrected chi connectivity index (χ0v) is 44.7. The summed E-state index contributed by atoms with van der Waals surface area (Å²) in [6.07, 6.45) is 63.7. The maximum atomic E-state index is 13.0. The first-order chi connectivity index (χ1) is 34.3. The third-order valence-electron chi connectivity index (χ3n) is 13.2. The molecule has 0 aliphatic carbocycles. The van der Waals surface area contributed by atoms with Gasteiger partial charge in [-0.15, -0.1) is 0 Å². The molecule has 0 aromatic heterocycles. The molecular weight excluding hydrogens is 875 g/mol. The van der Waals surface area contributed by atoms with Crippen LogP contribution in [0.15, 0.2) is 85.1 Å². The van der Waals surface area contributed by atoms with Crippen molar-refractivity contribution >= 4 is 5.91 Å². The van der Waals surface area contributed by atoms with Crippen LogP contribution < -0.4 is 5.32 Å². The van der Waals surface area contributed by atoms with E-state index in [1.165, 1.54) is 141 Å². The molecular formula is C61H107NO8. The Bertz CT molecular complexity index is 1370. The summed E-state index contributed by atoms with van der Waals surface area (Å²) in [7, 11) is 0. The molecule has 0 radical (unpaired) electrons. The standard InChI is InChI=1S/C61H107NO8/c1-3-5-7-9-11-13-15-17-19-21-23-24-25-26-27-28-29-30-31-33-34-36-38-40-42-44-46-48-50-55(64)54(53-69-61-60(68)59(67)58(66)56(52-63)70-61)62-57(65)51-49-47-45-43-41-39-37-35-32-22-20-18-16-14-12-10-8-6-4-2/h6,8,12,14,18,20,32,35,39-42,48,50,54-56,58-61,63-64,66-68H,3-5,7,9-11,13,15-17,19,21-31,33-34,36-38,43-47,49,51-53H2,1-2H3,(H,62,65)/b8-6-,14-12-,20-18-,35-32-,41-39-,42-40+,50-48+. The first kappa shape index (κ1) is 65.4. The zero-order valence-electron chi connectivity index (χ0n) is 44.7. The number of aliphatic hydroxyl groups excluding tert-OH is 5. The molecule has 0 bridgehead atoms. The molecule has 0 spiro atoms. The number of nitrogens with one attached hydrogen (secondary N) is 1. The molecule has 0 aromatic carbocycles. The van der Waals surface area contributed by atoms with Gasteiger partial charge in [0.25, 0.3) is 0 Å². The molecule has 1 aliphatic rings. The minimum absolute atomic E-state index is 0.219. The number of rotatable bonds is 48. The van der Waals surface area contributed by atoms with Crippen molar-refractivity contribution in [3.05, 3.63) is 85.1 Å². The monoisotopic (exact) mass is 982 g/mol. The highest BCUT2D eigenvalue weighted by atomic mass is 16.7. The normalized spacial score (nSPS) is 20.0. The van der Waals surface area contributed by atoms with E-state index in [9.17, 15) is 30.3 Å². The molecule has 1 amide bonds. The van der Waals surface area contributed by atoms with Crippen LogP contribution in [0.25, 0.3) is 0 Å². The van der Waals surface area contributed by atoms with Gasteiger partial charge >= 0.3 is 0 Å². The van der Waals surface area contributed by atoms with Gasteiger partial charge in [0.2, 0.25) is 5.91 Å². The molecule has 9 nitrogen and oxygen atoms in total. The highest BCUT2D eigenvalue weighted by Crippen LogP contribution is 2.23. The van der Waals surface area contributed by atoms with Crippen LogP contribution in [0.2, 0.25) is 0 Å². The fraction of sp³-hybridized carbons (Fsp3) is 0.754. The average Bonchev–Trinajstić information content (AvgIpc) is 3.36. The van der Waals surface area contributed by atoms with Crippen LogP contribution in [-0.4, -0.2) is 87.5 Å². The van der Waals surface area contributed by atoms with Crippen LogP contribution in [0.4, 0.5) is 0 Å². The Morgan fingerprint density at radius 2 is 0.900 bits per heavy atom. The maximum Gasteiger partial charge on any atom is 0.220 e. The summed E-state index contributed by atoms with van der Waals surface area (Å²) >= 11 is 0. The number of carbonyl (C=O) groups excluding carboxylic acids is 1.